The number of rotatable bonds is 7. The van der Waals surface area contributed by atoms with E-state index in [-0.39, 0.29) is 18.2 Å². The van der Waals surface area contributed by atoms with E-state index in [0.29, 0.717) is 48.7 Å². The molecule has 1 amide bonds. The first-order chi connectivity index (χ1) is 19.2. The van der Waals surface area contributed by atoms with Gasteiger partial charge in [0.2, 0.25) is 17.4 Å². The van der Waals surface area contributed by atoms with Crippen LogP contribution in [-0.2, 0) is 17.4 Å². The third-order valence-electron chi connectivity index (χ3n) is 6.61. The normalized spacial score (nSPS) is 14.7. The summed E-state index contributed by atoms with van der Waals surface area (Å²) in [6.07, 6.45) is -5.00. The lowest BCUT2D eigenvalue weighted by molar-refractivity contribution is -0.142. The van der Waals surface area contributed by atoms with Crippen LogP contribution < -0.4 is 4.90 Å². The molecule has 1 fully saturated rings. The molecule has 1 aliphatic heterocycles. The number of aromatic nitrogens is 2. The van der Waals surface area contributed by atoms with Crippen molar-refractivity contribution in [3.05, 3.63) is 102 Å². The van der Waals surface area contributed by atoms with Crippen molar-refractivity contribution in [1.82, 2.24) is 14.9 Å². The minimum absolute atomic E-state index is 0.279. The highest BCUT2D eigenvalue weighted by Crippen LogP contribution is 2.35. The fourth-order valence-electron chi connectivity index (χ4n) is 4.49. The molecule has 1 saturated heterocycles. The molecular weight excluding hydrogens is 525 g/mol. The molecule has 1 aliphatic rings. The van der Waals surface area contributed by atoms with Crippen LogP contribution in [0, 0.1) is 0 Å². The molecule has 0 saturated carbocycles. The molecule has 0 aliphatic carbocycles. The molecule has 1 N–H and O–H groups in total. The van der Waals surface area contributed by atoms with Gasteiger partial charge in [0.15, 0.2) is 11.8 Å². The van der Waals surface area contributed by atoms with Gasteiger partial charge in [-0.1, -0.05) is 54.6 Å². The van der Waals surface area contributed by atoms with E-state index in [4.69, 9.17) is 4.42 Å². The third kappa shape index (κ3) is 5.89. The van der Waals surface area contributed by atoms with E-state index < -0.39 is 29.5 Å². The molecule has 0 bridgehead atoms. The maximum atomic E-state index is 13.6. The number of alkyl halides is 3. The van der Waals surface area contributed by atoms with Crippen LogP contribution in [-0.4, -0.2) is 57.8 Å². The van der Waals surface area contributed by atoms with Gasteiger partial charge in [0.05, 0.1) is 0 Å². The monoisotopic (exact) mass is 550 g/mol. The van der Waals surface area contributed by atoms with Gasteiger partial charge in [-0.3, -0.25) is 9.59 Å². The summed E-state index contributed by atoms with van der Waals surface area (Å²) in [5.41, 5.74) is -0.0785. The van der Waals surface area contributed by atoms with Crippen molar-refractivity contribution >= 4 is 17.5 Å². The maximum Gasteiger partial charge on any atom is 0.437 e. The predicted octanol–water partition coefficient (Wildman–Crippen LogP) is 4.56. The highest BCUT2D eigenvalue weighted by Gasteiger charge is 2.41. The van der Waals surface area contributed by atoms with Crippen molar-refractivity contribution in [2.24, 2.45) is 0 Å². The summed E-state index contributed by atoms with van der Waals surface area (Å²) in [6.45, 7) is 1.74. The Morgan fingerprint density at radius 3 is 2.17 bits per heavy atom. The highest BCUT2D eigenvalue weighted by molar-refractivity contribution is 5.96. The van der Waals surface area contributed by atoms with Crippen LogP contribution in [0.3, 0.4) is 0 Å². The van der Waals surface area contributed by atoms with Gasteiger partial charge in [0.25, 0.3) is 5.91 Å². The van der Waals surface area contributed by atoms with E-state index in [2.05, 4.69) is 9.97 Å². The van der Waals surface area contributed by atoms with Gasteiger partial charge >= 0.3 is 6.18 Å². The zero-order chi connectivity index (χ0) is 28.3. The minimum atomic E-state index is -4.86. The second kappa shape index (κ2) is 11.3. The van der Waals surface area contributed by atoms with Crippen molar-refractivity contribution in [3.8, 4) is 11.5 Å². The second-order valence-electron chi connectivity index (χ2n) is 9.31. The summed E-state index contributed by atoms with van der Waals surface area (Å²) < 4.78 is 46.1. The van der Waals surface area contributed by atoms with Gasteiger partial charge in [0, 0.05) is 44.4 Å². The molecule has 4 aromatic rings. The summed E-state index contributed by atoms with van der Waals surface area (Å²) in [5.74, 6) is -1.74. The van der Waals surface area contributed by atoms with Crippen LogP contribution >= 0.6 is 0 Å². The number of halogens is 3. The maximum absolute atomic E-state index is 13.6. The van der Waals surface area contributed by atoms with Crippen LogP contribution in [0.15, 0.2) is 83.4 Å². The zero-order valence-electron chi connectivity index (χ0n) is 21.2. The molecule has 0 radical (unpaired) electrons. The molecule has 1 atom stereocenters. The number of aliphatic hydroxyl groups is 1. The first kappa shape index (κ1) is 27.1. The second-order valence-corrected chi connectivity index (χ2v) is 9.31. The number of carbonyl (C=O) groups is 2. The van der Waals surface area contributed by atoms with Crippen molar-refractivity contribution in [3.63, 3.8) is 0 Å². The Balaban J connectivity index is 1.22. The van der Waals surface area contributed by atoms with Gasteiger partial charge in [-0.15, -0.1) is 0 Å². The molecule has 8 nitrogen and oxygen atoms in total. The first-order valence-electron chi connectivity index (χ1n) is 12.6. The quantitative estimate of drug-likeness (QED) is 0.337. The van der Waals surface area contributed by atoms with E-state index in [1.54, 1.807) is 71.6 Å². The van der Waals surface area contributed by atoms with Crippen molar-refractivity contribution in [2.75, 3.05) is 31.1 Å². The largest absolute Gasteiger partial charge is 0.437 e. The van der Waals surface area contributed by atoms with E-state index >= 15 is 0 Å². The number of hydrogen-bond acceptors (Lipinski definition) is 7. The lowest BCUT2D eigenvalue weighted by atomic mass is 10.1. The number of aliphatic hydroxyl groups excluding tert-OH is 1. The number of Topliss-reactive ketones (excluding diaryl/α,β-unsaturated/α-hetero) is 1. The Labute approximate surface area is 227 Å². The van der Waals surface area contributed by atoms with Gasteiger partial charge in [-0.05, 0) is 29.3 Å². The van der Waals surface area contributed by atoms with Crippen LogP contribution in [0.5, 0.6) is 0 Å². The SMILES string of the molecule is O=C(Cc1ccc(N2CCN(C(=O)[C@H](O)c3ccccc3)CC2)nc1)c1oc(-c2ccccc2)nc1C(F)(F)F. The summed E-state index contributed by atoms with van der Waals surface area (Å²) in [4.78, 5) is 37.0. The zero-order valence-corrected chi connectivity index (χ0v) is 21.2. The number of ketones is 1. The summed E-state index contributed by atoms with van der Waals surface area (Å²) >= 11 is 0. The smallest absolute Gasteiger partial charge is 0.432 e. The standard InChI is InChI=1S/C29H25F3N4O4/c30-29(31,32)26-25(40-27(34-26)21-9-5-2-6-10-21)22(37)17-19-11-12-23(33-18-19)35-13-15-36(16-14-35)28(39)24(38)20-7-3-1-4-8-20/h1-12,18,24,38H,13-17H2/t24-/m1/s1. The fraction of sp³-hybridized carbons (Fsp3) is 0.241. The average molecular weight is 551 g/mol. The number of pyridine rings is 1. The van der Waals surface area contributed by atoms with Crippen LogP contribution in [0.25, 0.3) is 11.5 Å². The Kier molecular flexibility index (Phi) is 7.65. The Morgan fingerprint density at radius 1 is 0.925 bits per heavy atom. The van der Waals surface area contributed by atoms with E-state index in [0.717, 1.165) is 0 Å². The topological polar surface area (TPSA) is 99.8 Å². The third-order valence-corrected chi connectivity index (χ3v) is 6.61. The molecular formula is C29H25F3N4O4. The first-order valence-corrected chi connectivity index (χ1v) is 12.6. The Bertz CT molecular complexity index is 1470. The Morgan fingerprint density at radius 2 is 1.57 bits per heavy atom. The fourth-order valence-corrected chi connectivity index (χ4v) is 4.49. The number of hydrogen-bond donors (Lipinski definition) is 1. The molecule has 0 spiro atoms. The van der Waals surface area contributed by atoms with Crippen LogP contribution in [0.1, 0.15) is 33.5 Å². The van der Waals surface area contributed by atoms with Crippen molar-refractivity contribution < 1.29 is 32.3 Å². The minimum Gasteiger partial charge on any atom is -0.432 e. The number of amides is 1. The van der Waals surface area contributed by atoms with E-state index in [1.165, 1.54) is 6.20 Å². The van der Waals surface area contributed by atoms with Crippen molar-refractivity contribution in [2.45, 2.75) is 18.7 Å². The summed E-state index contributed by atoms with van der Waals surface area (Å²) in [7, 11) is 0. The number of nitrogens with zero attached hydrogens (tertiary/aromatic N) is 4. The number of oxazole rings is 1. The number of piperazine rings is 1. The summed E-state index contributed by atoms with van der Waals surface area (Å²) in [6, 6.07) is 20.1. The molecule has 2 aromatic carbocycles. The van der Waals surface area contributed by atoms with E-state index in [9.17, 15) is 27.9 Å². The molecule has 206 valence electrons. The van der Waals surface area contributed by atoms with Gasteiger partial charge < -0.3 is 19.3 Å². The molecule has 11 heteroatoms. The number of anilines is 1. The van der Waals surface area contributed by atoms with E-state index in [1.807, 2.05) is 11.0 Å². The number of benzene rings is 2. The van der Waals surface area contributed by atoms with Gasteiger partial charge in [-0.2, -0.15) is 13.2 Å². The summed E-state index contributed by atoms with van der Waals surface area (Å²) in [5, 5.41) is 10.4. The van der Waals surface area contributed by atoms with Gasteiger partial charge in [-0.25, -0.2) is 9.97 Å². The predicted molar refractivity (Wildman–Crippen MR) is 139 cm³/mol. The number of carbonyl (C=O) groups excluding carboxylic acids is 2. The van der Waals surface area contributed by atoms with Crippen molar-refractivity contribution in [1.29, 1.82) is 0 Å². The van der Waals surface area contributed by atoms with Crippen LogP contribution in [0.2, 0.25) is 0 Å². The lowest BCUT2D eigenvalue weighted by Gasteiger charge is -2.36. The molecule has 0 unspecified atom stereocenters. The average Bonchev–Trinajstić information content (AvgIpc) is 3.45. The Hall–Kier alpha value is -4.51. The molecule has 40 heavy (non-hydrogen) atoms. The lowest BCUT2D eigenvalue weighted by Crippen LogP contribution is -2.50. The highest BCUT2D eigenvalue weighted by atomic mass is 19.4. The molecule has 2 aromatic heterocycles. The molecule has 3 heterocycles. The van der Waals surface area contributed by atoms with Crippen LogP contribution in [0.4, 0.5) is 19.0 Å². The molecule has 5 rings (SSSR count). The van der Waals surface area contributed by atoms with Gasteiger partial charge in [0.1, 0.15) is 5.82 Å².